The Morgan fingerprint density at radius 1 is 1.15 bits per heavy atom. The van der Waals surface area contributed by atoms with Crippen LogP contribution in [0.5, 0.6) is 5.75 Å². The molecule has 33 heavy (non-hydrogen) atoms. The van der Waals surface area contributed by atoms with Gasteiger partial charge in [0.2, 0.25) is 5.95 Å². The maximum atomic E-state index is 15.0. The molecule has 3 heterocycles. The molecule has 0 unspecified atom stereocenters. The van der Waals surface area contributed by atoms with E-state index in [9.17, 15) is 4.39 Å². The Morgan fingerprint density at radius 3 is 2.76 bits per heavy atom. The van der Waals surface area contributed by atoms with Crippen LogP contribution in [0.4, 0.5) is 21.7 Å². The van der Waals surface area contributed by atoms with Gasteiger partial charge in [0.25, 0.3) is 0 Å². The van der Waals surface area contributed by atoms with Gasteiger partial charge in [-0.3, -0.25) is 4.98 Å². The number of methoxy groups -OCH3 is 1. The maximum Gasteiger partial charge on any atom is 0.227 e. The van der Waals surface area contributed by atoms with Gasteiger partial charge < -0.3 is 19.7 Å². The second-order valence-corrected chi connectivity index (χ2v) is 9.10. The molecule has 2 aromatic heterocycles. The number of benzene rings is 1. The number of aromatic nitrogens is 3. The summed E-state index contributed by atoms with van der Waals surface area (Å²) >= 11 is 0. The van der Waals surface area contributed by atoms with Gasteiger partial charge in [-0.25, -0.2) is 14.4 Å². The highest BCUT2D eigenvalue weighted by molar-refractivity contribution is 5.70. The van der Waals surface area contributed by atoms with Gasteiger partial charge in [0.1, 0.15) is 11.6 Å². The maximum absolute atomic E-state index is 15.0. The van der Waals surface area contributed by atoms with E-state index in [1.807, 2.05) is 17.2 Å². The van der Waals surface area contributed by atoms with Crippen molar-refractivity contribution in [1.29, 1.82) is 0 Å². The molecule has 1 N–H and O–H groups in total. The van der Waals surface area contributed by atoms with Crippen molar-refractivity contribution in [3.8, 4) is 17.0 Å². The molecule has 0 amide bonds. The Labute approximate surface area is 193 Å². The van der Waals surface area contributed by atoms with Crippen LogP contribution < -0.4 is 15.0 Å². The quantitative estimate of drug-likeness (QED) is 0.615. The summed E-state index contributed by atoms with van der Waals surface area (Å²) in [5, 5.41) is 3.12. The fourth-order valence-electron chi connectivity index (χ4n) is 4.54. The number of morpholine rings is 1. The van der Waals surface area contributed by atoms with E-state index in [0.29, 0.717) is 49.4 Å². The third-order valence-corrected chi connectivity index (χ3v) is 6.50. The van der Waals surface area contributed by atoms with Crippen LogP contribution in [0.1, 0.15) is 31.5 Å². The van der Waals surface area contributed by atoms with Crippen LogP contribution in [0.2, 0.25) is 0 Å². The van der Waals surface area contributed by atoms with Crippen LogP contribution in [-0.2, 0) is 16.6 Å². The number of fused-ring (bicyclic) bond motifs is 1. The SMILES string of the molecule is COc1cc(N2CCOCC2)c(F)cc1Nc1nccc(-c2cnc3c(c2)C(C)(C)CC3)n1. The number of pyridine rings is 1. The molecule has 1 saturated heterocycles. The molecule has 0 atom stereocenters. The van der Waals surface area contributed by atoms with Crippen molar-refractivity contribution in [3.63, 3.8) is 0 Å². The van der Waals surface area contributed by atoms with Crippen LogP contribution >= 0.6 is 0 Å². The van der Waals surface area contributed by atoms with Crippen LogP contribution in [0.25, 0.3) is 11.3 Å². The summed E-state index contributed by atoms with van der Waals surface area (Å²) in [4.78, 5) is 15.6. The van der Waals surface area contributed by atoms with Gasteiger partial charge in [-0.1, -0.05) is 13.8 Å². The second kappa shape index (κ2) is 8.59. The molecule has 0 radical (unpaired) electrons. The Balaban J connectivity index is 1.43. The molecule has 1 aliphatic heterocycles. The van der Waals surface area contributed by atoms with Gasteiger partial charge in [0.15, 0.2) is 0 Å². The fraction of sp³-hybridized carbons (Fsp3) is 0.400. The average Bonchev–Trinajstić information content (AvgIpc) is 3.14. The van der Waals surface area contributed by atoms with E-state index in [2.05, 4.69) is 40.2 Å². The van der Waals surface area contributed by atoms with Crippen molar-refractivity contribution in [3.05, 3.63) is 53.7 Å². The number of aryl methyl sites for hydroxylation is 1. The molecule has 8 heteroatoms. The Hall–Kier alpha value is -3.26. The predicted octanol–water partition coefficient (Wildman–Crippen LogP) is 4.49. The average molecular weight is 450 g/mol. The first-order valence-corrected chi connectivity index (χ1v) is 11.2. The third-order valence-electron chi connectivity index (χ3n) is 6.50. The molecule has 7 nitrogen and oxygen atoms in total. The lowest BCUT2D eigenvalue weighted by Gasteiger charge is -2.29. The van der Waals surface area contributed by atoms with Gasteiger partial charge in [0.05, 0.1) is 37.4 Å². The van der Waals surface area contributed by atoms with Crippen molar-refractivity contribution in [2.45, 2.75) is 32.1 Å². The summed E-state index contributed by atoms with van der Waals surface area (Å²) in [5.41, 5.74) is 5.22. The van der Waals surface area contributed by atoms with Crippen LogP contribution in [-0.4, -0.2) is 48.4 Å². The summed E-state index contributed by atoms with van der Waals surface area (Å²) in [6, 6.07) is 7.17. The highest BCUT2D eigenvalue weighted by Crippen LogP contribution is 2.39. The van der Waals surface area contributed by atoms with E-state index < -0.39 is 0 Å². The molecule has 1 aliphatic carbocycles. The first-order chi connectivity index (χ1) is 15.9. The molecule has 5 rings (SSSR count). The van der Waals surface area contributed by atoms with E-state index in [0.717, 1.165) is 29.8 Å². The van der Waals surface area contributed by atoms with Crippen LogP contribution in [0.15, 0.2) is 36.7 Å². The van der Waals surface area contributed by atoms with Crippen LogP contribution in [0, 0.1) is 5.82 Å². The molecule has 0 saturated carbocycles. The third kappa shape index (κ3) is 4.23. The summed E-state index contributed by atoms with van der Waals surface area (Å²) in [6.07, 6.45) is 5.66. The summed E-state index contributed by atoms with van der Waals surface area (Å²) < 4.78 is 25.9. The number of ether oxygens (including phenoxy) is 2. The smallest absolute Gasteiger partial charge is 0.227 e. The van der Waals surface area contributed by atoms with E-state index >= 15 is 0 Å². The number of nitrogens with zero attached hydrogens (tertiary/aromatic N) is 4. The molecular formula is C25H28FN5O2. The summed E-state index contributed by atoms with van der Waals surface area (Å²) in [5.74, 6) is 0.554. The Bertz CT molecular complexity index is 1180. The zero-order valence-corrected chi connectivity index (χ0v) is 19.2. The number of rotatable bonds is 5. The monoisotopic (exact) mass is 449 g/mol. The zero-order valence-electron chi connectivity index (χ0n) is 19.2. The highest BCUT2D eigenvalue weighted by Gasteiger charge is 2.31. The van der Waals surface area contributed by atoms with Gasteiger partial charge >= 0.3 is 0 Å². The van der Waals surface area contributed by atoms with Gasteiger partial charge in [-0.15, -0.1) is 0 Å². The predicted molar refractivity (Wildman–Crippen MR) is 126 cm³/mol. The van der Waals surface area contributed by atoms with Gasteiger partial charge in [-0.05, 0) is 36.0 Å². The summed E-state index contributed by atoms with van der Waals surface area (Å²) in [7, 11) is 1.57. The molecule has 1 aromatic carbocycles. The lowest BCUT2D eigenvalue weighted by atomic mass is 9.86. The highest BCUT2D eigenvalue weighted by atomic mass is 19.1. The molecule has 2 aliphatic rings. The minimum atomic E-state index is -0.332. The molecular weight excluding hydrogens is 421 g/mol. The topological polar surface area (TPSA) is 72.4 Å². The molecule has 0 bridgehead atoms. The lowest BCUT2D eigenvalue weighted by Crippen LogP contribution is -2.36. The van der Waals surface area contributed by atoms with E-state index in [4.69, 9.17) is 9.47 Å². The number of nitrogens with one attached hydrogen (secondary N) is 1. The number of hydrogen-bond donors (Lipinski definition) is 1. The number of hydrogen-bond acceptors (Lipinski definition) is 7. The normalized spacial score (nSPS) is 17.0. The lowest BCUT2D eigenvalue weighted by molar-refractivity contribution is 0.122. The van der Waals surface area contributed by atoms with E-state index in [1.54, 1.807) is 19.4 Å². The Kier molecular flexibility index (Phi) is 5.62. The van der Waals surface area contributed by atoms with Crippen LogP contribution in [0.3, 0.4) is 0 Å². The number of anilines is 3. The molecule has 172 valence electrons. The first-order valence-electron chi connectivity index (χ1n) is 11.2. The molecule has 3 aromatic rings. The van der Waals surface area contributed by atoms with Gasteiger partial charge in [-0.2, -0.15) is 0 Å². The second-order valence-electron chi connectivity index (χ2n) is 9.10. The largest absolute Gasteiger partial charge is 0.494 e. The minimum absolute atomic E-state index is 0.111. The summed E-state index contributed by atoms with van der Waals surface area (Å²) in [6.45, 7) is 6.94. The fourth-order valence-corrected chi connectivity index (χ4v) is 4.54. The van der Waals surface area contributed by atoms with Gasteiger partial charge in [0, 0.05) is 48.9 Å². The van der Waals surface area contributed by atoms with E-state index in [1.165, 1.54) is 11.6 Å². The Morgan fingerprint density at radius 2 is 1.97 bits per heavy atom. The van der Waals surface area contributed by atoms with Crippen molar-refractivity contribution in [1.82, 2.24) is 15.0 Å². The number of halogens is 1. The van der Waals surface area contributed by atoms with Crippen molar-refractivity contribution in [2.24, 2.45) is 0 Å². The van der Waals surface area contributed by atoms with Crippen molar-refractivity contribution >= 4 is 17.3 Å². The van der Waals surface area contributed by atoms with Crippen molar-refractivity contribution in [2.75, 3.05) is 43.6 Å². The molecule has 1 fully saturated rings. The van der Waals surface area contributed by atoms with Crippen molar-refractivity contribution < 1.29 is 13.9 Å². The first kappa shape index (κ1) is 21.6. The minimum Gasteiger partial charge on any atom is -0.494 e. The van der Waals surface area contributed by atoms with E-state index in [-0.39, 0.29) is 11.2 Å². The zero-order chi connectivity index (χ0) is 23.0. The molecule has 0 spiro atoms. The standard InChI is InChI=1S/C25H28FN5O2/c1-25(2)6-4-20-17(25)12-16(15-28-20)19-5-7-27-24(29-19)30-21-13-18(26)22(14-23(21)32-3)31-8-10-33-11-9-31/h5,7,12-15H,4,6,8-11H2,1-3H3,(H,27,29,30).